The zero-order chi connectivity index (χ0) is 5.28. The summed E-state index contributed by atoms with van der Waals surface area (Å²) in [7, 11) is 0. The van der Waals surface area contributed by atoms with Crippen LogP contribution in [0, 0.1) is 0 Å². The molecule has 0 spiro atoms. The van der Waals surface area contributed by atoms with Crippen LogP contribution in [-0.2, 0) is 4.79 Å². The summed E-state index contributed by atoms with van der Waals surface area (Å²) >= 11 is 0. The first-order chi connectivity index (χ1) is 3.29. The van der Waals surface area contributed by atoms with Crippen molar-refractivity contribution in [3.8, 4) is 0 Å². The van der Waals surface area contributed by atoms with Crippen molar-refractivity contribution in [2.75, 3.05) is 0 Å². The quantitative estimate of drug-likeness (QED) is 0.362. The molecule has 5 nitrogen and oxygen atoms in total. The monoisotopic (exact) mass is 119 g/mol. The number of carbonyl (C=O) groups is 1. The van der Waals surface area contributed by atoms with Gasteiger partial charge in [-0.25, -0.2) is 10.9 Å². The van der Waals surface area contributed by atoms with Gasteiger partial charge in [-0.3, -0.25) is 0 Å². The Kier molecular flexibility index (Phi) is 2.40. The van der Waals surface area contributed by atoms with Crippen molar-refractivity contribution in [3.05, 3.63) is 0 Å². The number of hydrogen-bond donors (Lipinski definition) is 3. The van der Waals surface area contributed by atoms with Crippen LogP contribution in [0.5, 0.6) is 0 Å². The lowest BCUT2D eigenvalue weighted by molar-refractivity contribution is -0.305. The molecule has 0 aromatic carbocycles. The van der Waals surface area contributed by atoms with Crippen molar-refractivity contribution in [1.82, 2.24) is 17.0 Å². The Labute approximate surface area is 46.6 Å². The molecule has 0 aliphatic carbocycles. The molecule has 0 saturated carbocycles. The molecule has 5 heteroatoms. The fourth-order valence-corrected chi connectivity index (χ4v) is 0.328. The highest BCUT2D eigenvalue weighted by Crippen LogP contribution is 1.91. The highest BCUT2D eigenvalue weighted by molar-refractivity contribution is 5.65. The molecule has 1 heterocycles. The van der Waals surface area contributed by atoms with Crippen molar-refractivity contribution in [3.63, 3.8) is 0 Å². The molecule has 0 amide bonds. The zero-order valence-corrected chi connectivity index (χ0v) is 4.60. The molecule has 1 aliphatic heterocycles. The van der Waals surface area contributed by atoms with E-state index in [1.54, 1.807) is 0 Å². The van der Waals surface area contributed by atoms with E-state index in [1.165, 1.54) is 0 Å². The average Bonchev–Trinajstić information content (AvgIpc) is 2.17. The van der Waals surface area contributed by atoms with Gasteiger partial charge in [0.25, 0.3) is 0 Å². The Morgan fingerprint density at radius 3 is 2.25 bits per heavy atom. The van der Waals surface area contributed by atoms with E-state index in [0.29, 0.717) is 0 Å². The largest absolute Gasteiger partial charge is 0.550 e. The molecule has 0 aromatic heterocycles. The summed E-state index contributed by atoms with van der Waals surface area (Å²) in [6, 6.07) is 0. The number of carbonyl (C=O) groups excluding carboxylic acids is 1. The summed E-state index contributed by atoms with van der Waals surface area (Å²) in [6.45, 7) is 0. The van der Waals surface area contributed by atoms with Gasteiger partial charge in [0, 0.05) is 12.4 Å². The van der Waals surface area contributed by atoms with Gasteiger partial charge in [0.2, 0.25) is 0 Å². The standard InChI is InChI=1S/C3H6N2O2.H3N/c6-3(7)1-2-4-5-2;/h2,4-5H,1H2,(H,6,7);1H3. The number of hydrogen-bond acceptors (Lipinski definition) is 4. The normalized spacial score (nSPS) is 17.0. The van der Waals surface area contributed by atoms with Gasteiger partial charge in [0.15, 0.2) is 0 Å². The topological polar surface area (TPSA) is 121 Å². The first-order valence-electron chi connectivity index (χ1n) is 2.00. The average molecular weight is 119 g/mol. The van der Waals surface area contributed by atoms with Gasteiger partial charge in [-0.05, 0) is 0 Å². The van der Waals surface area contributed by atoms with Gasteiger partial charge in [0.1, 0.15) is 0 Å². The van der Waals surface area contributed by atoms with Crippen LogP contribution in [0.25, 0.3) is 0 Å². The van der Waals surface area contributed by atoms with Crippen LogP contribution >= 0.6 is 0 Å². The lowest BCUT2D eigenvalue weighted by Crippen LogP contribution is -2.24. The van der Waals surface area contributed by atoms with Crippen LogP contribution in [0.15, 0.2) is 0 Å². The van der Waals surface area contributed by atoms with E-state index in [4.69, 9.17) is 0 Å². The fourth-order valence-electron chi connectivity index (χ4n) is 0.328. The molecule has 1 saturated heterocycles. The summed E-state index contributed by atoms with van der Waals surface area (Å²) in [5.41, 5.74) is 5.19. The Hall–Kier alpha value is -0.650. The SMILES string of the molecule is O=C([O-])CC1NN1.[NH4+]. The third-order valence-corrected chi connectivity index (χ3v) is 0.719. The van der Waals surface area contributed by atoms with Crippen LogP contribution in [0.2, 0.25) is 0 Å². The summed E-state index contributed by atoms with van der Waals surface area (Å²) in [5.74, 6) is -1.03. The maximum atomic E-state index is 9.66. The molecular weight excluding hydrogens is 110 g/mol. The first kappa shape index (κ1) is 7.35. The van der Waals surface area contributed by atoms with E-state index in [-0.39, 0.29) is 18.7 Å². The zero-order valence-electron chi connectivity index (χ0n) is 4.60. The molecule has 0 unspecified atom stereocenters. The molecule has 6 N–H and O–H groups in total. The molecule has 48 valence electrons. The Morgan fingerprint density at radius 1 is 1.62 bits per heavy atom. The smallest absolute Gasteiger partial charge is 0.0884 e. The molecule has 8 heavy (non-hydrogen) atoms. The molecule has 1 rings (SSSR count). The highest BCUT2D eigenvalue weighted by atomic mass is 16.4. The fraction of sp³-hybridized carbons (Fsp3) is 0.667. The molecule has 1 fully saturated rings. The predicted molar refractivity (Wildman–Crippen MR) is 25.7 cm³/mol. The van der Waals surface area contributed by atoms with Crippen molar-refractivity contribution in [2.24, 2.45) is 0 Å². The molecule has 0 radical (unpaired) electrons. The molecule has 0 aromatic rings. The second-order valence-electron chi connectivity index (χ2n) is 1.42. The first-order valence-corrected chi connectivity index (χ1v) is 2.00. The minimum Gasteiger partial charge on any atom is -0.550 e. The Bertz CT molecular complexity index is 90.5. The van der Waals surface area contributed by atoms with Crippen molar-refractivity contribution in [2.45, 2.75) is 12.6 Å². The van der Waals surface area contributed by atoms with E-state index >= 15 is 0 Å². The Morgan fingerprint density at radius 2 is 2.12 bits per heavy atom. The molecule has 0 atom stereocenters. The van der Waals surface area contributed by atoms with E-state index in [9.17, 15) is 9.90 Å². The second-order valence-corrected chi connectivity index (χ2v) is 1.42. The third kappa shape index (κ3) is 2.51. The summed E-state index contributed by atoms with van der Waals surface area (Å²) < 4.78 is 0. The van der Waals surface area contributed by atoms with Gasteiger partial charge in [-0.2, -0.15) is 0 Å². The third-order valence-electron chi connectivity index (χ3n) is 0.719. The minimum absolute atomic E-state index is 0. The van der Waals surface area contributed by atoms with E-state index in [2.05, 4.69) is 10.9 Å². The van der Waals surface area contributed by atoms with Crippen molar-refractivity contribution in [1.29, 1.82) is 0 Å². The number of carboxylic acid groups (broad SMARTS) is 1. The van der Waals surface area contributed by atoms with Crippen LogP contribution in [0.4, 0.5) is 0 Å². The summed E-state index contributed by atoms with van der Waals surface area (Å²) in [6.07, 6.45) is 0.0185. The van der Waals surface area contributed by atoms with Crippen molar-refractivity contribution >= 4 is 5.97 Å². The van der Waals surface area contributed by atoms with E-state index in [0.717, 1.165) is 0 Å². The maximum absolute atomic E-state index is 9.66. The number of aliphatic carboxylic acids is 1. The number of nitrogens with one attached hydrogen (secondary N) is 2. The van der Waals surface area contributed by atoms with Crippen LogP contribution in [0.1, 0.15) is 6.42 Å². The summed E-state index contributed by atoms with van der Waals surface area (Å²) in [4.78, 5) is 9.66. The summed E-state index contributed by atoms with van der Waals surface area (Å²) in [5, 5.41) is 9.66. The lowest BCUT2D eigenvalue weighted by atomic mass is 10.4. The number of quaternary nitrogens is 1. The molecule has 0 bridgehead atoms. The van der Waals surface area contributed by atoms with Crippen LogP contribution < -0.4 is 22.1 Å². The van der Waals surface area contributed by atoms with Crippen LogP contribution in [0.3, 0.4) is 0 Å². The second kappa shape index (κ2) is 2.61. The van der Waals surface area contributed by atoms with Gasteiger partial charge >= 0.3 is 0 Å². The van der Waals surface area contributed by atoms with Gasteiger partial charge in [-0.15, -0.1) is 0 Å². The minimum atomic E-state index is -1.03. The van der Waals surface area contributed by atoms with Gasteiger partial charge < -0.3 is 16.1 Å². The van der Waals surface area contributed by atoms with Crippen LogP contribution in [-0.4, -0.2) is 12.1 Å². The molecular formula is C3H9N3O2. The number of rotatable bonds is 2. The van der Waals surface area contributed by atoms with Gasteiger partial charge in [-0.1, -0.05) is 0 Å². The van der Waals surface area contributed by atoms with Crippen molar-refractivity contribution < 1.29 is 9.90 Å². The maximum Gasteiger partial charge on any atom is 0.0884 e. The van der Waals surface area contributed by atoms with Gasteiger partial charge in [0.05, 0.1) is 6.17 Å². The number of carboxylic acids is 1. The number of hydrazine groups is 1. The van der Waals surface area contributed by atoms with E-state index < -0.39 is 5.97 Å². The molecule has 1 aliphatic rings. The predicted octanol–water partition coefficient (Wildman–Crippen LogP) is -2.06. The Balaban J connectivity index is 0.000000490. The van der Waals surface area contributed by atoms with E-state index in [1.807, 2.05) is 0 Å². The lowest BCUT2D eigenvalue weighted by Gasteiger charge is -1.92. The highest BCUT2D eigenvalue weighted by Gasteiger charge is 2.17.